The van der Waals surface area contributed by atoms with Crippen LogP contribution in [-0.2, 0) is 9.59 Å². The highest BCUT2D eigenvalue weighted by atomic mass is 16.2. The fourth-order valence-electron chi connectivity index (χ4n) is 6.84. The van der Waals surface area contributed by atoms with Gasteiger partial charge >= 0.3 is 0 Å². The minimum Gasteiger partial charge on any atom is -0.370 e. The molecule has 11 nitrogen and oxygen atoms in total. The van der Waals surface area contributed by atoms with Gasteiger partial charge in [-0.3, -0.25) is 24.7 Å². The summed E-state index contributed by atoms with van der Waals surface area (Å²) in [5, 5.41) is 5.73. The highest BCUT2D eigenvalue weighted by Crippen LogP contribution is 2.21. The molecule has 2 N–H and O–H groups in total. The molecule has 0 atom stereocenters. The molecule has 6 rings (SSSR count). The Hall–Kier alpha value is -3.31. The van der Waals surface area contributed by atoms with Crippen LogP contribution in [0, 0.1) is 0 Å². The van der Waals surface area contributed by atoms with Gasteiger partial charge in [-0.1, -0.05) is 38.5 Å². The normalized spacial score (nSPS) is 20.1. The van der Waals surface area contributed by atoms with Gasteiger partial charge in [-0.25, -0.2) is 15.0 Å². The maximum absolute atomic E-state index is 12.1. The minimum atomic E-state index is -0.0191. The van der Waals surface area contributed by atoms with E-state index in [4.69, 9.17) is 0 Å². The van der Waals surface area contributed by atoms with Crippen molar-refractivity contribution in [1.82, 2.24) is 24.8 Å². The highest BCUT2D eigenvalue weighted by molar-refractivity contribution is 5.91. The standard InChI is InChI=1S/C18H28N4O.C17H27N5O/c23-18(15-21-10-4-3-5-11-21)20-17-9-8-16(14-19-17)22-12-6-1-2-7-13-22;23-16(14-21-8-4-3-5-9-21)20-17-18-12-15(13-19-17)22-10-6-1-2-7-11-22/h8-9,14H,1-7,10-13,15H2,(H,19,20,23);12-13H,1-11,14H2,(H,18,19,20,23). The van der Waals surface area contributed by atoms with E-state index in [9.17, 15) is 9.59 Å². The smallest absolute Gasteiger partial charge is 0.240 e. The number of likely N-dealkylation sites (tertiary alicyclic amines) is 2. The SMILES string of the molecule is O=C(CN1CCCCC1)Nc1ccc(N2CCCCCC2)cn1.O=C(CN1CCCCC1)Nc1ncc(N2CCCCCC2)cn1. The van der Waals surface area contributed by atoms with E-state index in [2.05, 4.69) is 51.3 Å². The lowest BCUT2D eigenvalue weighted by molar-refractivity contribution is -0.118. The van der Waals surface area contributed by atoms with E-state index >= 15 is 0 Å². The summed E-state index contributed by atoms with van der Waals surface area (Å²) in [6.07, 6.45) is 23.1. The molecule has 252 valence electrons. The first kappa shape index (κ1) is 34.0. The quantitative estimate of drug-likeness (QED) is 0.407. The van der Waals surface area contributed by atoms with Gasteiger partial charge in [0.15, 0.2) is 0 Å². The van der Waals surface area contributed by atoms with E-state index < -0.39 is 0 Å². The number of carbonyl (C=O) groups excluding carboxylic acids is 2. The summed E-state index contributed by atoms with van der Waals surface area (Å²) in [6.45, 7) is 9.40. The largest absolute Gasteiger partial charge is 0.370 e. The lowest BCUT2D eigenvalue weighted by Crippen LogP contribution is -2.37. The summed E-state index contributed by atoms with van der Waals surface area (Å²) >= 11 is 0. The zero-order valence-corrected chi connectivity index (χ0v) is 27.8. The number of nitrogens with zero attached hydrogens (tertiary/aromatic N) is 7. The van der Waals surface area contributed by atoms with Gasteiger partial charge in [0.05, 0.1) is 43.1 Å². The number of carbonyl (C=O) groups is 2. The van der Waals surface area contributed by atoms with E-state index in [0.717, 1.165) is 58.0 Å². The number of anilines is 4. The molecule has 0 spiro atoms. The van der Waals surface area contributed by atoms with Crippen LogP contribution in [0.3, 0.4) is 0 Å². The molecule has 4 aliphatic heterocycles. The van der Waals surface area contributed by atoms with Crippen molar-refractivity contribution in [2.75, 3.05) is 85.9 Å². The van der Waals surface area contributed by atoms with E-state index in [-0.39, 0.29) is 11.8 Å². The first-order valence-electron chi connectivity index (χ1n) is 17.9. The molecular formula is C35H55N9O2. The van der Waals surface area contributed by atoms with E-state index in [0.29, 0.717) is 24.9 Å². The van der Waals surface area contributed by atoms with Crippen LogP contribution in [0.5, 0.6) is 0 Å². The van der Waals surface area contributed by atoms with Crippen LogP contribution in [0.4, 0.5) is 23.1 Å². The second kappa shape index (κ2) is 18.7. The maximum Gasteiger partial charge on any atom is 0.240 e. The van der Waals surface area contributed by atoms with Crippen LogP contribution >= 0.6 is 0 Å². The zero-order chi connectivity index (χ0) is 31.8. The lowest BCUT2D eigenvalue weighted by Gasteiger charge is -2.25. The zero-order valence-electron chi connectivity index (χ0n) is 27.8. The minimum absolute atomic E-state index is 0.0191. The van der Waals surface area contributed by atoms with Crippen LogP contribution in [-0.4, -0.2) is 102 Å². The molecule has 2 aromatic heterocycles. The predicted octanol–water partition coefficient (Wildman–Crippen LogP) is 5.17. The van der Waals surface area contributed by atoms with Gasteiger partial charge in [0.25, 0.3) is 0 Å². The van der Waals surface area contributed by atoms with Crippen molar-refractivity contribution in [3.63, 3.8) is 0 Å². The van der Waals surface area contributed by atoms with Crippen molar-refractivity contribution in [3.8, 4) is 0 Å². The Labute approximate surface area is 275 Å². The van der Waals surface area contributed by atoms with Gasteiger partial charge in [0.1, 0.15) is 5.82 Å². The maximum atomic E-state index is 12.1. The molecule has 0 aromatic carbocycles. The molecule has 0 radical (unpaired) electrons. The molecule has 0 saturated carbocycles. The molecule has 4 saturated heterocycles. The van der Waals surface area contributed by atoms with E-state index in [1.807, 2.05) is 24.7 Å². The Kier molecular flexibility index (Phi) is 13.9. The molecule has 2 aromatic rings. The number of pyridine rings is 1. The monoisotopic (exact) mass is 633 g/mol. The van der Waals surface area contributed by atoms with Crippen molar-refractivity contribution in [2.45, 2.75) is 89.9 Å². The van der Waals surface area contributed by atoms with Crippen molar-refractivity contribution >= 4 is 35.0 Å². The molecule has 4 aliphatic rings. The Morgan fingerprint density at radius 2 is 0.913 bits per heavy atom. The van der Waals surface area contributed by atoms with Crippen molar-refractivity contribution in [3.05, 3.63) is 30.7 Å². The van der Waals surface area contributed by atoms with Crippen molar-refractivity contribution in [1.29, 1.82) is 0 Å². The van der Waals surface area contributed by atoms with Gasteiger partial charge < -0.3 is 15.1 Å². The van der Waals surface area contributed by atoms with Crippen LogP contribution in [0.15, 0.2) is 30.7 Å². The number of piperidine rings is 2. The number of rotatable bonds is 8. The highest BCUT2D eigenvalue weighted by Gasteiger charge is 2.17. The predicted molar refractivity (Wildman–Crippen MR) is 185 cm³/mol. The first-order chi connectivity index (χ1) is 22.6. The van der Waals surface area contributed by atoms with E-state index in [1.165, 1.54) is 95.6 Å². The number of amides is 2. The fraction of sp³-hybridized carbons (Fsp3) is 0.686. The summed E-state index contributed by atoms with van der Waals surface area (Å²) in [5.41, 5.74) is 2.22. The topological polar surface area (TPSA) is 110 Å². The van der Waals surface area contributed by atoms with Gasteiger partial charge in [0, 0.05) is 26.2 Å². The third-order valence-corrected chi connectivity index (χ3v) is 9.48. The lowest BCUT2D eigenvalue weighted by atomic mass is 10.1. The van der Waals surface area contributed by atoms with Crippen LogP contribution in [0.25, 0.3) is 0 Å². The second-order valence-corrected chi connectivity index (χ2v) is 13.2. The Morgan fingerprint density at radius 1 is 0.500 bits per heavy atom. The van der Waals surface area contributed by atoms with Crippen LogP contribution in [0.2, 0.25) is 0 Å². The fourth-order valence-corrected chi connectivity index (χ4v) is 6.84. The third-order valence-electron chi connectivity index (χ3n) is 9.48. The average Bonchev–Trinajstić information content (AvgIpc) is 3.53. The Bertz CT molecular complexity index is 1070. The molecule has 11 heteroatoms. The van der Waals surface area contributed by atoms with Gasteiger partial charge in [-0.2, -0.15) is 0 Å². The second-order valence-electron chi connectivity index (χ2n) is 13.2. The molecular weight excluding hydrogens is 578 g/mol. The van der Waals surface area contributed by atoms with Crippen molar-refractivity contribution in [2.24, 2.45) is 0 Å². The molecule has 2 amide bonds. The van der Waals surface area contributed by atoms with Crippen LogP contribution < -0.4 is 20.4 Å². The first-order valence-corrected chi connectivity index (χ1v) is 17.9. The number of hydrogen-bond donors (Lipinski definition) is 2. The molecule has 4 fully saturated rings. The van der Waals surface area contributed by atoms with Crippen LogP contribution in [0.1, 0.15) is 89.9 Å². The van der Waals surface area contributed by atoms with Gasteiger partial charge in [-0.15, -0.1) is 0 Å². The van der Waals surface area contributed by atoms with Gasteiger partial charge in [-0.05, 0) is 89.7 Å². The summed E-state index contributed by atoms with van der Waals surface area (Å²) in [5.74, 6) is 1.09. The summed E-state index contributed by atoms with van der Waals surface area (Å²) < 4.78 is 0. The molecule has 0 unspecified atom stereocenters. The molecule has 6 heterocycles. The summed E-state index contributed by atoms with van der Waals surface area (Å²) in [7, 11) is 0. The molecule has 46 heavy (non-hydrogen) atoms. The Morgan fingerprint density at radius 3 is 1.39 bits per heavy atom. The number of hydrogen-bond acceptors (Lipinski definition) is 9. The number of nitrogens with one attached hydrogen (secondary N) is 2. The van der Waals surface area contributed by atoms with E-state index in [1.54, 1.807) is 0 Å². The average molecular weight is 634 g/mol. The molecule has 0 bridgehead atoms. The summed E-state index contributed by atoms with van der Waals surface area (Å²) in [4.78, 5) is 46.4. The molecule has 0 aliphatic carbocycles. The number of aromatic nitrogens is 3. The third kappa shape index (κ3) is 11.5. The van der Waals surface area contributed by atoms with Crippen molar-refractivity contribution < 1.29 is 9.59 Å². The van der Waals surface area contributed by atoms with Gasteiger partial charge in [0.2, 0.25) is 17.8 Å². The summed E-state index contributed by atoms with van der Waals surface area (Å²) in [6, 6.07) is 4.00. The Balaban J connectivity index is 0.000000181.